The van der Waals surface area contributed by atoms with Crippen molar-refractivity contribution in [1.82, 2.24) is 20.4 Å². The van der Waals surface area contributed by atoms with Crippen molar-refractivity contribution in [2.45, 2.75) is 63.5 Å². The van der Waals surface area contributed by atoms with Crippen LogP contribution in [0.15, 0.2) is 4.52 Å². The predicted octanol–water partition coefficient (Wildman–Crippen LogP) is 2.29. The van der Waals surface area contributed by atoms with Gasteiger partial charge >= 0.3 is 0 Å². The number of nitrogens with one attached hydrogen (secondary N) is 1. The molecule has 1 saturated heterocycles. The minimum Gasteiger partial charge on any atom is -0.337 e. The third-order valence-electron chi connectivity index (χ3n) is 4.68. The summed E-state index contributed by atoms with van der Waals surface area (Å²) in [5.41, 5.74) is 0. The second-order valence-corrected chi connectivity index (χ2v) is 6.17. The van der Waals surface area contributed by atoms with Gasteiger partial charge in [-0.2, -0.15) is 4.98 Å². The topological polar surface area (TPSA) is 71.3 Å². The average Bonchev–Trinajstić information content (AvgIpc) is 3.12. The van der Waals surface area contributed by atoms with Crippen LogP contribution in [0.25, 0.3) is 0 Å². The smallest absolute Gasteiger partial charge is 0.295 e. The SMILES string of the molecule is CN(C(=O)c1noc(C2CCCN2)n1)C1CCCCCC1. The summed E-state index contributed by atoms with van der Waals surface area (Å²) >= 11 is 0. The summed E-state index contributed by atoms with van der Waals surface area (Å²) in [6.07, 6.45) is 9.22. The van der Waals surface area contributed by atoms with E-state index >= 15 is 0 Å². The Morgan fingerprint density at radius 2 is 1.95 bits per heavy atom. The maximum Gasteiger partial charge on any atom is 0.295 e. The molecule has 1 aromatic heterocycles. The molecule has 1 N–H and O–H groups in total. The monoisotopic (exact) mass is 292 g/mol. The van der Waals surface area contributed by atoms with Crippen LogP contribution in [0.2, 0.25) is 0 Å². The Morgan fingerprint density at radius 3 is 2.62 bits per heavy atom. The molecule has 6 heteroatoms. The van der Waals surface area contributed by atoms with E-state index < -0.39 is 0 Å². The van der Waals surface area contributed by atoms with E-state index in [1.54, 1.807) is 0 Å². The van der Waals surface area contributed by atoms with E-state index in [1.165, 1.54) is 25.7 Å². The zero-order valence-corrected chi connectivity index (χ0v) is 12.7. The van der Waals surface area contributed by atoms with Gasteiger partial charge in [-0.3, -0.25) is 4.79 Å². The van der Waals surface area contributed by atoms with Gasteiger partial charge in [-0.1, -0.05) is 30.8 Å². The Kier molecular flexibility index (Phi) is 4.53. The van der Waals surface area contributed by atoms with Crippen molar-refractivity contribution in [2.24, 2.45) is 0 Å². The number of carbonyl (C=O) groups is 1. The zero-order chi connectivity index (χ0) is 14.7. The van der Waals surface area contributed by atoms with Crippen LogP contribution in [0, 0.1) is 0 Å². The normalized spacial score (nSPS) is 24.0. The third kappa shape index (κ3) is 3.26. The number of nitrogens with zero attached hydrogens (tertiary/aromatic N) is 3. The van der Waals surface area contributed by atoms with Crippen molar-refractivity contribution in [1.29, 1.82) is 0 Å². The van der Waals surface area contributed by atoms with Crippen LogP contribution in [0.1, 0.15) is 73.9 Å². The number of hydrogen-bond acceptors (Lipinski definition) is 5. The number of hydrogen-bond donors (Lipinski definition) is 1. The molecule has 1 atom stereocenters. The van der Waals surface area contributed by atoms with Crippen LogP contribution in [-0.4, -0.2) is 40.6 Å². The quantitative estimate of drug-likeness (QED) is 0.865. The maximum absolute atomic E-state index is 12.5. The Hall–Kier alpha value is -1.43. The molecule has 1 saturated carbocycles. The van der Waals surface area contributed by atoms with E-state index in [0.29, 0.717) is 11.9 Å². The van der Waals surface area contributed by atoms with Crippen LogP contribution < -0.4 is 5.32 Å². The second kappa shape index (κ2) is 6.56. The van der Waals surface area contributed by atoms with E-state index in [0.717, 1.165) is 32.2 Å². The summed E-state index contributed by atoms with van der Waals surface area (Å²) in [5, 5.41) is 7.19. The largest absolute Gasteiger partial charge is 0.337 e. The fourth-order valence-corrected chi connectivity index (χ4v) is 3.33. The van der Waals surface area contributed by atoms with Crippen molar-refractivity contribution < 1.29 is 9.32 Å². The summed E-state index contributed by atoms with van der Waals surface area (Å²) in [6, 6.07) is 0.425. The van der Waals surface area contributed by atoms with Crippen LogP contribution >= 0.6 is 0 Å². The molecular weight excluding hydrogens is 268 g/mol. The average molecular weight is 292 g/mol. The molecule has 1 aromatic rings. The van der Waals surface area contributed by atoms with Gasteiger partial charge in [-0.15, -0.1) is 0 Å². The summed E-state index contributed by atoms with van der Waals surface area (Å²) in [5.74, 6) is 0.630. The van der Waals surface area contributed by atoms with Gasteiger partial charge in [-0.25, -0.2) is 0 Å². The van der Waals surface area contributed by atoms with Gasteiger partial charge in [0.15, 0.2) is 0 Å². The van der Waals surface area contributed by atoms with E-state index in [9.17, 15) is 4.79 Å². The highest BCUT2D eigenvalue weighted by atomic mass is 16.5. The molecular formula is C15H24N4O2. The number of rotatable bonds is 3. The van der Waals surface area contributed by atoms with Gasteiger partial charge in [0.25, 0.3) is 11.7 Å². The molecule has 116 valence electrons. The molecule has 2 heterocycles. The molecule has 2 aliphatic rings. The van der Waals surface area contributed by atoms with Gasteiger partial charge in [0.2, 0.25) is 5.89 Å². The lowest BCUT2D eigenvalue weighted by Crippen LogP contribution is -2.37. The van der Waals surface area contributed by atoms with Crippen molar-refractivity contribution in [3.63, 3.8) is 0 Å². The molecule has 1 amide bonds. The Bertz CT molecular complexity index is 474. The highest BCUT2D eigenvalue weighted by Crippen LogP contribution is 2.23. The fraction of sp³-hybridized carbons (Fsp3) is 0.800. The zero-order valence-electron chi connectivity index (χ0n) is 12.7. The summed E-state index contributed by atoms with van der Waals surface area (Å²) in [7, 11) is 1.86. The number of aromatic nitrogens is 2. The molecule has 21 heavy (non-hydrogen) atoms. The van der Waals surface area contributed by atoms with E-state index in [-0.39, 0.29) is 17.8 Å². The Labute approximate surface area is 125 Å². The van der Waals surface area contributed by atoms with Crippen LogP contribution in [0.5, 0.6) is 0 Å². The first kappa shape index (κ1) is 14.5. The van der Waals surface area contributed by atoms with E-state index in [1.807, 2.05) is 11.9 Å². The molecule has 6 nitrogen and oxygen atoms in total. The molecule has 2 fully saturated rings. The van der Waals surface area contributed by atoms with Crippen molar-refractivity contribution in [2.75, 3.05) is 13.6 Å². The highest BCUT2D eigenvalue weighted by molar-refractivity contribution is 5.90. The Balaban J connectivity index is 1.66. The third-order valence-corrected chi connectivity index (χ3v) is 4.68. The molecule has 0 spiro atoms. The van der Waals surface area contributed by atoms with Gasteiger partial charge in [0.1, 0.15) is 0 Å². The molecule has 1 unspecified atom stereocenters. The lowest BCUT2D eigenvalue weighted by Gasteiger charge is -2.25. The first-order chi connectivity index (χ1) is 10.3. The molecule has 3 rings (SSSR count). The first-order valence-electron chi connectivity index (χ1n) is 8.10. The fourth-order valence-electron chi connectivity index (χ4n) is 3.33. The minimum absolute atomic E-state index is 0.113. The van der Waals surface area contributed by atoms with Gasteiger partial charge in [-0.05, 0) is 32.2 Å². The molecule has 0 aromatic carbocycles. The van der Waals surface area contributed by atoms with Gasteiger partial charge < -0.3 is 14.7 Å². The summed E-state index contributed by atoms with van der Waals surface area (Å²) < 4.78 is 5.26. The summed E-state index contributed by atoms with van der Waals surface area (Å²) in [4.78, 5) is 18.6. The van der Waals surface area contributed by atoms with Gasteiger partial charge in [0, 0.05) is 13.1 Å². The van der Waals surface area contributed by atoms with Crippen LogP contribution in [-0.2, 0) is 0 Å². The minimum atomic E-state index is -0.116. The van der Waals surface area contributed by atoms with Crippen molar-refractivity contribution >= 4 is 5.91 Å². The summed E-state index contributed by atoms with van der Waals surface area (Å²) in [6.45, 7) is 0.971. The van der Waals surface area contributed by atoms with Crippen molar-refractivity contribution in [3.8, 4) is 0 Å². The highest BCUT2D eigenvalue weighted by Gasteiger charge is 2.28. The van der Waals surface area contributed by atoms with Gasteiger partial charge in [0.05, 0.1) is 6.04 Å². The number of carbonyl (C=O) groups excluding carboxylic acids is 1. The number of amides is 1. The van der Waals surface area contributed by atoms with Crippen molar-refractivity contribution in [3.05, 3.63) is 11.7 Å². The molecule has 0 radical (unpaired) electrons. The second-order valence-electron chi connectivity index (χ2n) is 6.17. The lowest BCUT2D eigenvalue weighted by atomic mass is 10.1. The van der Waals surface area contributed by atoms with Crippen LogP contribution in [0.4, 0.5) is 0 Å². The van der Waals surface area contributed by atoms with Crippen LogP contribution in [0.3, 0.4) is 0 Å². The molecule has 1 aliphatic carbocycles. The van der Waals surface area contributed by atoms with E-state index in [4.69, 9.17) is 4.52 Å². The maximum atomic E-state index is 12.5. The van der Waals surface area contributed by atoms with E-state index in [2.05, 4.69) is 15.5 Å². The molecule has 0 bridgehead atoms. The standard InChI is InChI=1S/C15H24N4O2/c1-19(11-7-4-2-3-5-8-11)15(20)13-17-14(21-18-13)12-9-6-10-16-12/h11-12,16H,2-10H2,1H3. The lowest BCUT2D eigenvalue weighted by molar-refractivity contribution is 0.0702. The predicted molar refractivity (Wildman–Crippen MR) is 77.9 cm³/mol. The first-order valence-corrected chi connectivity index (χ1v) is 8.10. The molecule has 1 aliphatic heterocycles. The Morgan fingerprint density at radius 1 is 1.19 bits per heavy atom.